The molecule has 110 valence electrons. The fourth-order valence-corrected chi connectivity index (χ4v) is 4.07. The summed E-state index contributed by atoms with van der Waals surface area (Å²) in [5.41, 5.74) is 3.68. The van der Waals surface area contributed by atoms with Crippen LogP contribution >= 0.6 is 0 Å². The van der Waals surface area contributed by atoms with Gasteiger partial charge in [-0.2, -0.15) is 0 Å². The molecular weight excluding hydrogens is 258 g/mol. The van der Waals surface area contributed by atoms with Crippen molar-refractivity contribution in [2.75, 3.05) is 13.1 Å². The molecule has 1 aromatic heterocycles. The lowest BCUT2D eigenvalue weighted by Gasteiger charge is -2.50. The molecule has 1 aliphatic carbocycles. The SMILES string of the molecule is c1ccc2c(c1)CN(CCCn1ccnc1)CC21CCC1. The van der Waals surface area contributed by atoms with Gasteiger partial charge in [-0.3, -0.25) is 4.90 Å². The monoisotopic (exact) mass is 281 g/mol. The molecule has 2 heterocycles. The molecule has 1 saturated carbocycles. The third kappa shape index (κ3) is 2.40. The van der Waals surface area contributed by atoms with Crippen LogP contribution in [-0.2, 0) is 18.5 Å². The molecule has 0 saturated heterocycles. The molecule has 2 aromatic rings. The van der Waals surface area contributed by atoms with Gasteiger partial charge in [0.25, 0.3) is 0 Å². The summed E-state index contributed by atoms with van der Waals surface area (Å²) >= 11 is 0. The largest absolute Gasteiger partial charge is 0.337 e. The molecule has 0 N–H and O–H groups in total. The number of fused-ring (bicyclic) bond motifs is 2. The second kappa shape index (κ2) is 5.30. The first-order valence-electron chi connectivity index (χ1n) is 8.12. The minimum Gasteiger partial charge on any atom is -0.337 e. The summed E-state index contributed by atoms with van der Waals surface area (Å²) in [6.45, 7) is 4.65. The molecule has 3 heteroatoms. The van der Waals surface area contributed by atoms with Crippen molar-refractivity contribution >= 4 is 0 Å². The maximum atomic E-state index is 4.11. The van der Waals surface area contributed by atoms with Crippen molar-refractivity contribution in [3.63, 3.8) is 0 Å². The summed E-state index contributed by atoms with van der Waals surface area (Å²) in [6.07, 6.45) is 11.2. The highest BCUT2D eigenvalue weighted by Gasteiger charge is 2.43. The van der Waals surface area contributed by atoms with E-state index < -0.39 is 0 Å². The zero-order valence-corrected chi connectivity index (χ0v) is 12.5. The Kier molecular flexibility index (Phi) is 3.30. The van der Waals surface area contributed by atoms with E-state index in [4.69, 9.17) is 0 Å². The van der Waals surface area contributed by atoms with Crippen molar-refractivity contribution < 1.29 is 0 Å². The van der Waals surface area contributed by atoms with Crippen LogP contribution in [-0.4, -0.2) is 27.5 Å². The van der Waals surface area contributed by atoms with Crippen molar-refractivity contribution in [2.45, 2.75) is 44.2 Å². The van der Waals surface area contributed by atoms with E-state index in [0.717, 1.165) is 13.1 Å². The summed E-state index contributed by atoms with van der Waals surface area (Å²) in [6, 6.07) is 9.11. The van der Waals surface area contributed by atoms with Gasteiger partial charge in [0.1, 0.15) is 0 Å². The second-order valence-electron chi connectivity index (χ2n) is 6.66. The number of aryl methyl sites for hydroxylation is 1. The Bertz CT molecular complexity index is 599. The smallest absolute Gasteiger partial charge is 0.0945 e. The van der Waals surface area contributed by atoms with E-state index in [2.05, 4.69) is 44.9 Å². The number of hydrogen-bond acceptors (Lipinski definition) is 2. The third-order valence-electron chi connectivity index (χ3n) is 5.27. The minimum absolute atomic E-state index is 0.476. The van der Waals surface area contributed by atoms with Gasteiger partial charge in [0.2, 0.25) is 0 Å². The Morgan fingerprint density at radius 3 is 2.81 bits per heavy atom. The Hall–Kier alpha value is -1.61. The summed E-state index contributed by atoms with van der Waals surface area (Å²) in [7, 11) is 0. The van der Waals surface area contributed by atoms with E-state index in [1.807, 2.05) is 12.5 Å². The summed E-state index contributed by atoms with van der Waals surface area (Å²) in [5.74, 6) is 0. The van der Waals surface area contributed by atoms with Crippen LogP contribution in [0, 0.1) is 0 Å². The van der Waals surface area contributed by atoms with E-state index >= 15 is 0 Å². The summed E-state index contributed by atoms with van der Waals surface area (Å²) in [5, 5.41) is 0. The number of imidazole rings is 1. The molecule has 1 spiro atoms. The zero-order chi connectivity index (χ0) is 14.1. The molecule has 0 bridgehead atoms. The molecule has 1 aliphatic heterocycles. The lowest BCUT2D eigenvalue weighted by Crippen LogP contribution is -2.50. The summed E-state index contributed by atoms with van der Waals surface area (Å²) in [4.78, 5) is 6.78. The Morgan fingerprint density at radius 1 is 1.14 bits per heavy atom. The lowest BCUT2D eigenvalue weighted by atomic mass is 9.61. The lowest BCUT2D eigenvalue weighted by molar-refractivity contribution is 0.111. The van der Waals surface area contributed by atoms with Gasteiger partial charge in [-0.15, -0.1) is 0 Å². The average Bonchev–Trinajstić information content (AvgIpc) is 2.98. The number of aromatic nitrogens is 2. The van der Waals surface area contributed by atoms with Crippen LogP contribution in [0.15, 0.2) is 43.0 Å². The predicted molar refractivity (Wildman–Crippen MR) is 84.1 cm³/mol. The van der Waals surface area contributed by atoms with Crippen LogP contribution in [0.25, 0.3) is 0 Å². The highest BCUT2D eigenvalue weighted by atomic mass is 15.1. The maximum Gasteiger partial charge on any atom is 0.0945 e. The molecule has 0 radical (unpaired) electrons. The highest BCUT2D eigenvalue weighted by Crippen LogP contribution is 2.48. The molecule has 4 rings (SSSR count). The molecule has 21 heavy (non-hydrogen) atoms. The van der Waals surface area contributed by atoms with Gasteiger partial charge in [0.05, 0.1) is 6.33 Å². The first-order chi connectivity index (χ1) is 10.4. The molecular formula is C18H23N3. The molecule has 0 amide bonds. The number of rotatable bonds is 4. The van der Waals surface area contributed by atoms with Crippen molar-refractivity contribution in [3.8, 4) is 0 Å². The van der Waals surface area contributed by atoms with E-state index in [-0.39, 0.29) is 0 Å². The van der Waals surface area contributed by atoms with Gasteiger partial charge in [0, 0.05) is 44.0 Å². The van der Waals surface area contributed by atoms with Crippen LogP contribution < -0.4 is 0 Å². The second-order valence-corrected chi connectivity index (χ2v) is 6.66. The molecule has 1 aromatic carbocycles. The predicted octanol–water partition coefficient (Wildman–Crippen LogP) is 3.21. The quantitative estimate of drug-likeness (QED) is 0.858. The van der Waals surface area contributed by atoms with Crippen molar-refractivity contribution in [1.82, 2.24) is 14.5 Å². The maximum absolute atomic E-state index is 4.11. The number of nitrogens with zero attached hydrogens (tertiary/aromatic N) is 3. The van der Waals surface area contributed by atoms with Crippen LogP contribution in [0.2, 0.25) is 0 Å². The zero-order valence-electron chi connectivity index (χ0n) is 12.5. The van der Waals surface area contributed by atoms with Crippen LogP contribution in [0.4, 0.5) is 0 Å². The summed E-state index contributed by atoms with van der Waals surface area (Å²) < 4.78 is 2.18. The average molecular weight is 281 g/mol. The van der Waals surface area contributed by atoms with Crippen molar-refractivity contribution in [3.05, 3.63) is 54.1 Å². The van der Waals surface area contributed by atoms with E-state index in [0.29, 0.717) is 5.41 Å². The van der Waals surface area contributed by atoms with E-state index in [1.54, 1.807) is 11.1 Å². The number of benzene rings is 1. The Morgan fingerprint density at radius 2 is 2.05 bits per heavy atom. The molecule has 3 nitrogen and oxygen atoms in total. The van der Waals surface area contributed by atoms with Gasteiger partial charge in [-0.05, 0) is 30.4 Å². The fraction of sp³-hybridized carbons (Fsp3) is 0.500. The topological polar surface area (TPSA) is 21.1 Å². The minimum atomic E-state index is 0.476. The highest BCUT2D eigenvalue weighted by molar-refractivity contribution is 5.38. The van der Waals surface area contributed by atoms with Gasteiger partial charge in [-0.1, -0.05) is 30.7 Å². The van der Waals surface area contributed by atoms with Crippen molar-refractivity contribution in [1.29, 1.82) is 0 Å². The normalized spacial score (nSPS) is 20.2. The van der Waals surface area contributed by atoms with Gasteiger partial charge >= 0.3 is 0 Å². The molecule has 0 unspecified atom stereocenters. The van der Waals surface area contributed by atoms with Crippen molar-refractivity contribution in [2.24, 2.45) is 0 Å². The standard InChI is InChI=1S/C18H23N3/c1-2-6-17-16(5-1)13-21(14-18(17)7-3-8-18)11-4-10-20-12-9-19-15-20/h1-2,5-6,9,12,15H,3-4,7-8,10-11,13-14H2. The first kappa shape index (κ1) is 13.1. The molecule has 1 fully saturated rings. The number of hydrogen-bond donors (Lipinski definition) is 0. The van der Waals surface area contributed by atoms with Crippen LogP contribution in [0.3, 0.4) is 0 Å². The first-order valence-corrected chi connectivity index (χ1v) is 8.12. The van der Waals surface area contributed by atoms with Crippen LogP contribution in [0.1, 0.15) is 36.8 Å². The van der Waals surface area contributed by atoms with Crippen LogP contribution in [0.5, 0.6) is 0 Å². The van der Waals surface area contributed by atoms with Gasteiger partial charge < -0.3 is 4.57 Å². The molecule has 0 atom stereocenters. The Labute approximate surface area is 126 Å². The fourth-order valence-electron chi connectivity index (χ4n) is 4.07. The molecule has 2 aliphatic rings. The van der Waals surface area contributed by atoms with Gasteiger partial charge in [0.15, 0.2) is 0 Å². The van der Waals surface area contributed by atoms with Gasteiger partial charge in [-0.25, -0.2) is 4.98 Å². The third-order valence-corrected chi connectivity index (χ3v) is 5.27. The van der Waals surface area contributed by atoms with E-state index in [9.17, 15) is 0 Å². The Balaban J connectivity index is 1.44. The van der Waals surface area contributed by atoms with E-state index in [1.165, 1.54) is 38.8 Å².